The number of fused-ring (bicyclic) bond motifs is 1. The SMILES string of the molecule is O=C(NCC1CCN(c2nccc3ccccc23)CC1)OCN1C=CON1. The van der Waals surface area contributed by atoms with E-state index in [2.05, 4.69) is 39.0 Å². The van der Waals surface area contributed by atoms with Gasteiger partial charge in [0.1, 0.15) is 12.1 Å². The van der Waals surface area contributed by atoms with Crippen molar-refractivity contribution >= 4 is 22.7 Å². The van der Waals surface area contributed by atoms with Gasteiger partial charge in [0.15, 0.2) is 6.73 Å². The molecule has 1 aromatic carbocycles. The minimum atomic E-state index is -0.421. The third-order valence-electron chi connectivity index (χ3n) is 4.92. The number of carbonyl (C=O) groups excluding carboxylic acids is 1. The molecule has 0 aliphatic carbocycles. The molecule has 1 amide bonds. The van der Waals surface area contributed by atoms with Gasteiger partial charge < -0.3 is 19.8 Å². The van der Waals surface area contributed by atoms with Gasteiger partial charge in [-0.3, -0.25) is 0 Å². The summed E-state index contributed by atoms with van der Waals surface area (Å²) in [6.07, 6.45) is 6.58. The number of hydrogen-bond acceptors (Lipinski definition) is 7. The molecule has 2 aliphatic rings. The van der Waals surface area contributed by atoms with Crippen molar-refractivity contribution in [3.8, 4) is 0 Å². The van der Waals surface area contributed by atoms with Crippen LogP contribution in [0.2, 0.25) is 0 Å². The van der Waals surface area contributed by atoms with Crippen LogP contribution in [-0.2, 0) is 9.57 Å². The number of hydrogen-bond donors (Lipinski definition) is 2. The second-order valence-electron chi connectivity index (χ2n) is 6.69. The number of alkyl carbamates (subject to hydrolysis) is 1. The Morgan fingerprint density at radius 1 is 1.30 bits per heavy atom. The van der Waals surface area contributed by atoms with Gasteiger partial charge >= 0.3 is 6.09 Å². The summed E-state index contributed by atoms with van der Waals surface area (Å²) in [6, 6.07) is 10.4. The van der Waals surface area contributed by atoms with Crippen molar-refractivity contribution in [1.29, 1.82) is 0 Å². The first-order chi connectivity index (χ1) is 13.3. The van der Waals surface area contributed by atoms with E-state index < -0.39 is 6.09 Å². The molecule has 0 atom stereocenters. The van der Waals surface area contributed by atoms with E-state index in [1.807, 2.05) is 18.3 Å². The average Bonchev–Trinajstić information content (AvgIpc) is 3.24. The summed E-state index contributed by atoms with van der Waals surface area (Å²) in [5, 5.41) is 6.77. The van der Waals surface area contributed by atoms with Crippen molar-refractivity contribution in [1.82, 2.24) is 20.9 Å². The maximum absolute atomic E-state index is 11.8. The van der Waals surface area contributed by atoms with E-state index in [1.165, 1.54) is 22.0 Å². The number of anilines is 1. The van der Waals surface area contributed by atoms with Crippen LogP contribution in [0.3, 0.4) is 0 Å². The second kappa shape index (κ2) is 8.13. The van der Waals surface area contributed by atoms with Crippen LogP contribution in [-0.4, -0.2) is 42.5 Å². The summed E-state index contributed by atoms with van der Waals surface area (Å²) >= 11 is 0. The zero-order valence-electron chi connectivity index (χ0n) is 15.0. The van der Waals surface area contributed by atoms with Gasteiger partial charge in [-0.15, -0.1) is 0 Å². The van der Waals surface area contributed by atoms with Crippen LogP contribution >= 0.6 is 0 Å². The Kier molecular flexibility index (Phi) is 5.24. The number of aromatic nitrogens is 1. The standard InChI is InChI=1S/C19H23N5O3/c25-19(26-14-24-11-12-27-22-24)21-13-15-6-9-23(10-7-15)18-17-4-2-1-3-16(17)5-8-20-18/h1-5,8,11-12,15,22H,6-7,9-10,13-14H2,(H,21,25). The molecule has 0 radical (unpaired) electrons. The highest BCUT2D eigenvalue weighted by Crippen LogP contribution is 2.27. The lowest BCUT2D eigenvalue weighted by Crippen LogP contribution is -2.40. The molecule has 0 bridgehead atoms. The zero-order valence-corrected chi connectivity index (χ0v) is 15.0. The Labute approximate surface area is 157 Å². The van der Waals surface area contributed by atoms with Crippen LogP contribution in [0.4, 0.5) is 10.6 Å². The largest absolute Gasteiger partial charge is 0.427 e. The first-order valence-corrected chi connectivity index (χ1v) is 9.13. The minimum absolute atomic E-state index is 0.0908. The van der Waals surface area contributed by atoms with E-state index in [1.54, 1.807) is 6.20 Å². The zero-order chi connectivity index (χ0) is 18.5. The monoisotopic (exact) mass is 369 g/mol. The molecule has 4 rings (SSSR count). The molecule has 1 saturated heterocycles. The predicted octanol–water partition coefficient (Wildman–Crippen LogP) is 2.36. The van der Waals surface area contributed by atoms with Gasteiger partial charge in [-0.2, -0.15) is 0 Å². The summed E-state index contributed by atoms with van der Waals surface area (Å²) in [4.78, 5) is 23.5. The van der Waals surface area contributed by atoms with E-state index >= 15 is 0 Å². The number of hydrazine groups is 1. The van der Waals surface area contributed by atoms with Crippen molar-refractivity contribution in [3.05, 3.63) is 49.0 Å². The fraction of sp³-hybridized carbons (Fsp3) is 0.368. The summed E-state index contributed by atoms with van der Waals surface area (Å²) in [7, 11) is 0. The predicted molar refractivity (Wildman–Crippen MR) is 101 cm³/mol. The number of ether oxygens (including phenoxy) is 1. The van der Waals surface area contributed by atoms with E-state index in [4.69, 9.17) is 9.57 Å². The second-order valence-corrected chi connectivity index (χ2v) is 6.69. The van der Waals surface area contributed by atoms with E-state index in [-0.39, 0.29) is 6.73 Å². The van der Waals surface area contributed by atoms with Gasteiger partial charge in [-0.05, 0) is 30.2 Å². The van der Waals surface area contributed by atoms with Crippen LogP contribution in [0.1, 0.15) is 12.8 Å². The maximum Gasteiger partial charge on any atom is 0.408 e. The minimum Gasteiger partial charge on any atom is -0.427 e. The molecule has 27 heavy (non-hydrogen) atoms. The van der Waals surface area contributed by atoms with Crippen LogP contribution < -0.4 is 15.8 Å². The number of piperidine rings is 1. The van der Waals surface area contributed by atoms with Crippen LogP contribution in [0.25, 0.3) is 10.8 Å². The smallest absolute Gasteiger partial charge is 0.408 e. The highest BCUT2D eigenvalue weighted by Gasteiger charge is 2.22. The lowest BCUT2D eigenvalue weighted by molar-refractivity contribution is -0.0184. The number of pyridine rings is 1. The summed E-state index contributed by atoms with van der Waals surface area (Å²) in [5.74, 6) is 1.49. The first kappa shape index (κ1) is 17.4. The number of amides is 1. The van der Waals surface area contributed by atoms with E-state index in [0.29, 0.717) is 12.5 Å². The third-order valence-corrected chi connectivity index (χ3v) is 4.92. The highest BCUT2D eigenvalue weighted by molar-refractivity contribution is 5.92. The number of nitrogens with one attached hydrogen (secondary N) is 2. The molecule has 0 saturated carbocycles. The molecular weight excluding hydrogens is 346 g/mol. The Morgan fingerprint density at radius 3 is 2.96 bits per heavy atom. The van der Waals surface area contributed by atoms with Crippen LogP contribution in [0.15, 0.2) is 49.0 Å². The molecule has 2 N–H and O–H groups in total. The van der Waals surface area contributed by atoms with Gasteiger partial charge in [-0.1, -0.05) is 29.9 Å². The van der Waals surface area contributed by atoms with E-state index in [9.17, 15) is 4.79 Å². The van der Waals surface area contributed by atoms with Gasteiger partial charge in [0.05, 0.1) is 6.20 Å². The summed E-state index contributed by atoms with van der Waals surface area (Å²) < 4.78 is 5.12. The number of nitrogens with zero attached hydrogens (tertiary/aromatic N) is 3. The molecule has 8 heteroatoms. The Morgan fingerprint density at radius 2 is 2.15 bits per heavy atom. The molecule has 142 valence electrons. The topological polar surface area (TPSA) is 79.0 Å². The first-order valence-electron chi connectivity index (χ1n) is 9.13. The summed E-state index contributed by atoms with van der Waals surface area (Å²) in [6.45, 7) is 2.58. The van der Waals surface area contributed by atoms with Gasteiger partial charge in [0.25, 0.3) is 0 Å². The quantitative estimate of drug-likeness (QED) is 0.838. The molecule has 8 nitrogen and oxygen atoms in total. The molecule has 0 spiro atoms. The van der Waals surface area contributed by atoms with Crippen molar-refractivity contribution in [2.24, 2.45) is 5.92 Å². The Balaban J connectivity index is 1.24. The Bertz CT molecular complexity index is 815. The molecular formula is C19H23N5O3. The summed E-state index contributed by atoms with van der Waals surface area (Å²) in [5.41, 5.74) is 2.56. The van der Waals surface area contributed by atoms with Crippen molar-refractivity contribution < 1.29 is 14.4 Å². The van der Waals surface area contributed by atoms with E-state index in [0.717, 1.165) is 31.7 Å². The molecule has 2 aromatic rings. The normalized spacial score (nSPS) is 17.2. The average molecular weight is 369 g/mol. The molecule has 0 unspecified atom stereocenters. The van der Waals surface area contributed by atoms with Crippen molar-refractivity contribution in [2.75, 3.05) is 31.3 Å². The number of rotatable bonds is 5. The maximum atomic E-state index is 11.8. The number of carbonyl (C=O) groups is 1. The van der Waals surface area contributed by atoms with Crippen LogP contribution in [0.5, 0.6) is 0 Å². The lowest BCUT2D eigenvalue weighted by Gasteiger charge is -2.33. The van der Waals surface area contributed by atoms with Gasteiger partial charge in [0.2, 0.25) is 0 Å². The van der Waals surface area contributed by atoms with Crippen molar-refractivity contribution in [3.63, 3.8) is 0 Å². The fourth-order valence-electron chi connectivity index (χ4n) is 3.41. The third kappa shape index (κ3) is 4.22. The van der Waals surface area contributed by atoms with Crippen LogP contribution in [0, 0.1) is 5.92 Å². The fourth-order valence-corrected chi connectivity index (χ4v) is 3.41. The van der Waals surface area contributed by atoms with Crippen molar-refractivity contribution in [2.45, 2.75) is 12.8 Å². The highest BCUT2D eigenvalue weighted by atomic mass is 16.7. The molecule has 1 fully saturated rings. The molecule has 1 aromatic heterocycles. The van der Waals surface area contributed by atoms with Gasteiger partial charge in [-0.25, -0.2) is 14.8 Å². The Hall–Kier alpha value is -3.00. The van der Waals surface area contributed by atoms with Gasteiger partial charge in [0, 0.05) is 31.2 Å². The lowest BCUT2D eigenvalue weighted by atomic mass is 9.96. The number of benzene rings is 1. The molecule has 3 heterocycles. The molecule has 2 aliphatic heterocycles.